The minimum atomic E-state index is -3.62. The van der Waals surface area contributed by atoms with Crippen molar-refractivity contribution in [2.75, 3.05) is 6.26 Å². The summed E-state index contributed by atoms with van der Waals surface area (Å²) in [7, 11) is -3.62. The van der Waals surface area contributed by atoms with E-state index in [4.69, 9.17) is 4.74 Å². The van der Waals surface area contributed by atoms with Crippen LogP contribution in [-0.4, -0.2) is 42.0 Å². The largest absolute Gasteiger partial charge is 0.364 e. The van der Waals surface area contributed by atoms with Crippen molar-refractivity contribution in [2.45, 2.75) is 33.1 Å². The minimum absolute atomic E-state index is 0.123. The Balaban J connectivity index is 1.55. The molecule has 1 atom stereocenters. The van der Waals surface area contributed by atoms with E-state index in [1.807, 2.05) is 60.2 Å². The summed E-state index contributed by atoms with van der Waals surface area (Å²) in [5.74, 6) is -0.445. The highest BCUT2D eigenvalue weighted by Gasteiger charge is 2.17. The third kappa shape index (κ3) is 7.23. The Morgan fingerprint density at radius 1 is 1.12 bits per heavy atom. The van der Waals surface area contributed by atoms with Crippen molar-refractivity contribution in [2.24, 2.45) is 0 Å². The van der Waals surface area contributed by atoms with E-state index in [1.165, 1.54) is 6.92 Å². The number of amides is 1. The number of nitrogens with one attached hydrogen (secondary N) is 1. The van der Waals surface area contributed by atoms with Gasteiger partial charge in [0.1, 0.15) is 6.10 Å². The normalized spacial score (nSPS) is 12.6. The molecule has 9 heteroatoms. The Kier molecular flexibility index (Phi) is 8.14. The van der Waals surface area contributed by atoms with Crippen molar-refractivity contribution >= 4 is 27.8 Å². The highest BCUT2D eigenvalue weighted by atomic mass is 32.2. The minimum Gasteiger partial charge on any atom is -0.364 e. The smallest absolute Gasteiger partial charge is 0.262 e. The third-order valence-electron chi connectivity index (χ3n) is 4.98. The van der Waals surface area contributed by atoms with Crippen LogP contribution in [0.2, 0.25) is 0 Å². The zero-order chi connectivity index (χ0) is 24.7. The molecule has 0 saturated heterocycles. The van der Waals surface area contributed by atoms with E-state index in [0.29, 0.717) is 17.9 Å². The Labute approximate surface area is 199 Å². The van der Waals surface area contributed by atoms with Crippen LogP contribution in [0.25, 0.3) is 6.08 Å². The molecule has 3 rings (SSSR count). The number of allylic oxidation sites excluding steroid dienone is 1. The molecule has 0 spiro atoms. The predicted octanol–water partition coefficient (Wildman–Crippen LogP) is 3.12. The molecule has 2 aromatic carbocycles. The van der Waals surface area contributed by atoms with Crippen molar-refractivity contribution in [1.82, 2.24) is 14.3 Å². The van der Waals surface area contributed by atoms with Crippen LogP contribution in [-0.2, 0) is 32.7 Å². The number of sulfonamides is 1. The van der Waals surface area contributed by atoms with Crippen molar-refractivity contribution < 1.29 is 22.7 Å². The number of nitrogens with zero attached hydrogens (tertiary/aromatic N) is 2. The van der Waals surface area contributed by atoms with Crippen LogP contribution >= 0.6 is 0 Å². The second-order valence-electron chi connectivity index (χ2n) is 7.93. The molecule has 0 bridgehead atoms. The Hall–Kier alpha value is -3.56. The standard InChI is InChI=1S/C25H27N3O5S/c1-18-6-12-22(13-7-18)23(29)24-26-14-16-28(24)15-4-5-20-8-10-21(11-9-20)17-33-19(2)25(30)27-34(3,31)32/h4-14,16,19H,15,17H2,1-3H3,(H,27,30)/t19-/m1/s1. The third-order valence-corrected chi connectivity index (χ3v) is 5.55. The molecule has 0 aliphatic rings. The molecular formula is C25H27N3O5S. The van der Waals surface area contributed by atoms with Gasteiger partial charge in [-0.05, 0) is 25.0 Å². The lowest BCUT2D eigenvalue weighted by atomic mass is 10.1. The highest BCUT2D eigenvalue weighted by molar-refractivity contribution is 7.89. The van der Waals surface area contributed by atoms with E-state index in [2.05, 4.69) is 4.98 Å². The zero-order valence-electron chi connectivity index (χ0n) is 19.3. The predicted molar refractivity (Wildman–Crippen MR) is 130 cm³/mol. The van der Waals surface area contributed by atoms with E-state index in [0.717, 1.165) is 22.9 Å². The summed E-state index contributed by atoms with van der Waals surface area (Å²) in [6.07, 6.45) is 7.28. The van der Waals surface area contributed by atoms with Gasteiger partial charge in [-0.2, -0.15) is 0 Å². The maximum Gasteiger partial charge on any atom is 0.262 e. The second kappa shape index (κ2) is 11.0. The maximum atomic E-state index is 12.8. The molecular weight excluding hydrogens is 454 g/mol. The molecule has 0 aliphatic heterocycles. The molecule has 0 aliphatic carbocycles. The van der Waals surface area contributed by atoms with Gasteiger partial charge in [0.2, 0.25) is 15.8 Å². The van der Waals surface area contributed by atoms with E-state index >= 15 is 0 Å². The van der Waals surface area contributed by atoms with Crippen molar-refractivity contribution in [3.8, 4) is 0 Å². The number of carbonyl (C=O) groups excluding carboxylic acids is 2. The van der Waals surface area contributed by atoms with Gasteiger partial charge in [-0.3, -0.25) is 14.3 Å². The zero-order valence-corrected chi connectivity index (χ0v) is 20.1. The van der Waals surface area contributed by atoms with E-state index in [9.17, 15) is 18.0 Å². The number of aryl methyl sites for hydroxylation is 1. The van der Waals surface area contributed by atoms with Gasteiger partial charge in [-0.15, -0.1) is 0 Å². The van der Waals surface area contributed by atoms with Crippen LogP contribution in [0.3, 0.4) is 0 Å². The summed E-state index contributed by atoms with van der Waals surface area (Å²) in [5.41, 5.74) is 3.49. The van der Waals surface area contributed by atoms with Crippen molar-refractivity contribution in [3.05, 3.63) is 95.1 Å². The van der Waals surface area contributed by atoms with Crippen molar-refractivity contribution in [1.29, 1.82) is 0 Å². The Morgan fingerprint density at radius 2 is 1.79 bits per heavy atom. The first kappa shape index (κ1) is 25.1. The fourth-order valence-corrected chi connectivity index (χ4v) is 3.62. The van der Waals surface area contributed by atoms with E-state index in [1.54, 1.807) is 29.1 Å². The number of ketones is 1. The first-order chi connectivity index (χ1) is 16.1. The molecule has 1 amide bonds. The molecule has 8 nitrogen and oxygen atoms in total. The lowest BCUT2D eigenvalue weighted by Crippen LogP contribution is -2.37. The number of ether oxygens (including phenoxy) is 1. The van der Waals surface area contributed by atoms with Gasteiger partial charge < -0.3 is 9.30 Å². The first-order valence-electron chi connectivity index (χ1n) is 10.6. The summed E-state index contributed by atoms with van der Waals surface area (Å²) in [6, 6.07) is 15.0. The van der Waals surface area contributed by atoms with Gasteiger partial charge in [0.05, 0.1) is 12.9 Å². The number of hydrogen-bond donors (Lipinski definition) is 1. The topological polar surface area (TPSA) is 107 Å². The summed E-state index contributed by atoms with van der Waals surface area (Å²) in [4.78, 5) is 28.7. The number of benzene rings is 2. The molecule has 0 radical (unpaired) electrons. The van der Waals surface area contributed by atoms with Crippen LogP contribution in [0, 0.1) is 6.92 Å². The molecule has 1 N–H and O–H groups in total. The highest BCUT2D eigenvalue weighted by Crippen LogP contribution is 2.12. The first-order valence-corrected chi connectivity index (χ1v) is 12.5. The molecule has 0 fully saturated rings. The quantitative estimate of drug-likeness (QED) is 0.446. The molecule has 3 aromatic rings. The summed E-state index contributed by atoms with van der Waals surface area (Å²) >= 11 is 0. The molecule has 34 heavy (non-hydrogen) atoms. The van der Waals surface area contributed by atoms with Crippen LogP contribution in [0.15, 0.2) is 67.0 Å². The van der Waals surface area contributed by atoms with Gasteiger partial charge in [0.25, 0.3) is 5.91 Å². The van der Waals surface area contributed by atoms with Gasteiger partial charge in [-0.25, -0.2) is 13.4 Å². The van der Waals surface area contributed by atoms with Crippen LogP contribution in [0.4, 0.5) is 0 Å². The number of imidazole rings is 1. The summed E-state index contributed by atoms with van der Waals surface area (Å²) in [6.45, 7) is 4.12. The van der Waals surface area contributed by atoms with E-state index in [-0.39, 0.29) is 12.4 Å². The van der Waals surface area contributed by atoms with Crippen LogP contribution in [0.1, 0.15) is 39.8 Å². The lowest BCUT2D eigenvalue weighted by molar-refractivity contribution is -0.130. The SMILES string of the molecule is Cc1ccc(C(=O)c2nccn2CC=Cc2ccc(CO[C@H](C)C(=O)NS(C)(=O)=O)cc2)cc1. The fraction of sp³-hybridized carbons (Fsp3) is 0.240. The average molecular weight is 482 g/mol. The lowest BCUT2D eigenvalue weighted by Gasteiger charge is -2.12. The number of carbonyl (C=O) groups is 2. The molecule has 0 unspecified atom stereocenters. The Bertz CT molecular complexity index is 1280. The summed E-state index contributed by atoms with van der Waals surface area (Å²) in [5, 5.41) is 0. The second-order valence-corrected chi connectivity index (χ2v) is 9.68. The molecule has 0 saturated carbocycles. The van der Waals surface area contributed by atoms with Gasteiger partial charge >= 0.3 is 0 Å². The molecule has 1 aromatic heterocycles. The summed E-state index contributed by atoms with van der Waals surface area (Å²) < 4.78 is 31.4. The van der Waals surface area contributed by atoms with Gasteiger partial charge in [0, 0.05) is 24.5 Å². The van der Waals surface area contributed by atoms with Crippen LogP contribution in [0.5, 0.6) is 0 Å². The molecule has 1 heterocycles. The number of aromatic nitrogens is 2. The Morgan fingerprint density at radius 3 is 2.44 bits per heavy atom. The average Bonchev–Trinajstić information content (AvgIpc) is 3.25. The van der Waals surface area contributed by atoms with Gasteiger partial charge in [-0.1, -0.05) is 66.2 Å². The molecule has 178 valence electrons. The van der Waals surface area contributed by atoms with E-state index < -0.39 is 22.0 Å². The maximum absolute atomic E-state index is 12.8. The van der Waals surface area contributed by atoms with Crippen LogP contribution < -0.4 is 4.72 Å². The fourth-order valence-electron chi connectivity index (χ4n) is 3.09. The number of hydrogen-bond acceptors (Lipinski definition) is 6. The van der Waals surface area contributed by atoms with Gasteiger partial charge in [0.15, 0.2) is 5.82 Å². The monoisotopic (exact) mass is 481 g/mol. The number of rotatable bonds is 10. The van der Waals surface area contributed by atoms with Crippen molar-refractivity contribution in [3.63, 3.8) is 0 Å².